The fraction of sp³-hybridized carbons (Fsp3) is 0.125. The van der Waals surface area contributed by atoms with Gasteiger partial charge in [-0.3, -0.25) is 5.43 Å². The molecule has 6 nitrogen and oxygen atoms in total. The van der Waals surface area contributed by atoms with Crippen molar-refractivity contribution >= 4 is 29.5 Å². The summed E-state index contributed by atoms with van der Waals surface area (Å²) in [5.41, 5.74) is 3.96. The zero-order valence-corrected chi connectivity index (χ0v) is 12.7. The van der Waals surface area contributed by atoms with Gasteiger partial charge in [0.1, 0.15) is 13.2 Å². The van der Waals surface area contributed by atoms with E-state index in [1.165, 1.54) is 12.1 Å². The van der Waals surface area contributed by atoms with Crippen molar-refractivity contribution in [3.8, 4) is 11.5 Å². The first-order valence-electron chi connectivity index (χ1n) is 6.83. The van der Waals surface area contributed by atoms with Crippen molar-refractivity contribution in [3.63, 3.8) is 0 Å². The SMILES string of the molecule is O=C([O-])c1cc(N/N=C\c2ccc3c(c2)OCCO3)ccc1Cl. The molecule has 23 heavy (non-hydrogen) atoms. The normalized spacial score (nSPS) is 13.1. The Labute approximate surface area is 137 Å². The Morgan fingerprint density at radius 3 is 2.74 bits per heavy atom. The van der Waals surface area contributed by atoms with E-state index < -0.39 is 5.97 Å². The van der Waals surface area contributed by atoms with Gasteiger partial charge in [0.2, 0.25) is 0 Å². The number of aromatic carboxylic acids is 1. The summed E-state index contributed by atoms with van der Waals surface area (Å²) in [5, 5.41) is 15.1. The number of carbonyl (C=O) groups excluding carboxylic acids is 1. The monoisotopic (exact) mass is 331 g/mol. The molecular weight excluding hydrogens is 320 g/mol. The Morgan fingerprint density at radius 2 is 1.96 bits per heavy atom. The Bertz CT molecular complexity index is 777. The molecule has 0 bridgehead atoms. The fourth-order valence-electron chi connectivity index (χ4n) is 2.07. The lowest BCUT2D eigenvalue weighted by Gasteiger charge is -2.18. The fourth-order valence-corrected chi connectivity index (χ4v) is 2.27. The minimum atomic E-state index is -1.34. The summed E-state index contributed by atoms with van der Waals surface area (Å²) in [6, 6.07) is 9.91. The van der Waals surface area contributed by atoms with E-state index in [0.29, 0.717) is 30.4 Å². The summed E-state index contributed by atoms with van der Waals surface area (Å²) >= 11 is 5.78. The minimum Gasteiger partial charge on any atom is -0.545 e. The maximum Gasteiger partial charge on any atom is 0.162 e. The van der Waals surface area contributed by atoms with Crippen LogP contribution >= 0.6 is 11.6 Å². The molecule has 0 spiro atoms. The van der Waals surface area contributed by atoms with E-state index in [-0.39, 0.29) is 10.6 Å². The van der Waals surface area contributed by atoms with Crippen molar-refractivity contribution in [2.45, 2.75) is 0 Å². The van der Waals surface area contributed by atoms with Gasteiger partial charge >= 0.3 is 0 Å². The number of nitrogens with one attached hydrogen (secondary N) is 1. The van der Waals surface area contributed by atoms with Crippen LogP contribution in [-0.2, 0) is 0 Å². The quantitative estimate of drug-likeness (QED) is 0.683. The average Bonchev–Trinajstić information content (AvgIpc) is 2.56. The first-order valence-corrected chi connectivity index (χ1v) is 7.21. The molecule has 0 aromatic heterocycles. The van der Waals surface area contributed by atoms with Crippen LogP contribution in [0, 0.1) is 0 Å². The molecule has 0 fully saturated rings. The summed E-state index contributed by atoms with van der Waals surface area (Å²) in [6.45, 7) is 1.06. The van der Waals surface area contributed by atoms with Gasteiger partial charge in [0.05, 0.1) is 17.9 Å². The van der Waals surface area contributed by atoms with Crippen molar-refractivity contribution in [2.24, 2.45) is 5.10 Å². The van der Waals surface area contributed by atoms with Crippen LogP contribution in [0.4, 0.5) is 5.69 Å². The van der Waals surface area contributed by atoms with Crippen molar-refractivity contribution in [2.75, 3.05) is 18.6 Å². The first-order chi connectivity index (χ1) is 11.1. The first kappa shape index (κ1) is 15.2. The molecular formula is C16H12ClN2O4-. The Morgan fingerprint density at radius 1 is 1.17 bits per heavy atom. The Balaban J connectivity index is 1.72. The molecule has 1 aliphatic heterocycles. The van der Waals surface area contributed by atoms with Crippen LogP contribution in [0.5, 0.6) is 11.5 Å². The second kappa shape index (κ2) is 6.58. The molecule has 1 heterocycles. The summed E-state index contributed by atoms with van der Waals surface area (Å²) in [5.74, 6) is 0.0399. The van der Waals surface area contributed by atoms with Gasteiger partial charge in [-0.05, 0) is 42.0 Å². The number of hydrogen-bond donors (Lipinski definition) is 1. The van der Waals surface area contributed by atoms with E-state index in [0.717, 1.165) is 5.56 Å². The molecule has 0 saturated carbocycles. The van der Waals surface area contributed by atoms with Gasteiger partial charge in [-0.25, -0.2) is 0 Å². The highest BCUT2D eigenvalue weighted by Gasteiger charge is 2.10. The van der Waals surface area contributed by atoms with Crippen molar-refractivity contribution < 1.29 is 19.4 Å². The number of benzene rings is 2. The van der Waals surface area contributed by atoms with E-state index in [2.05, 4.69) is 10.5 Å². The molecule has 2 aromatic carbocycles. The van der Waals surface area contributed by atoms with Gasteiger partial charge in [-0.15, -0.1) is 0 Å². The lowest BCUT2D eigenvalue weighted by Crippen LogP contribution is -2.22. The summed E-state index contributed by atoms with van der Waals surface area (Å²) < 4.78 is 10.9. The van der Waals surface area contributed by atoms with Crippen molar-refractivity contribution in [1.29, 1.82) is 0 Å². The molecule has 0 unspecified atom stereocenters. The van der Waals surface area contributed by atoms with E-state index in [9.17, 15) is 9.90 Å². The zero-order chi connectivity index (χ0) is 16.2. The molecule has 118 valence electrons. The number of halogens is 1. The summed E-state index contributed by atoms with van der Waals surface area (Å²) in [4.78, 5) is 10.9. The number of nitrogens with zero attached hydrogens (tertiary/aromatic N) is 1. The number of carboxylic acids is 1. The number of anilines is 1. The van der Waals surface area contributed by atoms with Crippen LogP contribution in [0.3, 0.4) is 0 Å². The van der Waals surface area contributed by atoms with Gasteiger partial charge in [0.25, 0.3) is 0 Å². The van der Waals surface area contributed by atoms with E-state index in [1.807, 2.05) is 18.2 Å². The predicted molar refractivity (Wildman–Crippen MR) is 84.4 cm³/mol. The third-order valence-electron chi connectivity index (χ3n) is 3.16. The maximum atomic E-state index is 10.9. The average molecular weight is 332 g/mol. The van der Waals surface area contributed by atoms with Gasteiger partial charge < -0.3 is 19.4 Å². The van der Waals surface area contributed by atoms with Gasteiger partial charge in [-0.1, -0.05) is 11.6 Å². The molecule has 1 aliphatic rings. The lowest BCUT2D eigenvalue weighted by molar-refractivity contribution is -0.255. The van der Waals surface area contributed by atoms with E-state index in [4.69, 9.17) is 21.1 Å². The largest absolute Gasteiger partial charge is 0.545 e. The van der Waals surface area contributed by atoms with E-state index in [1.54, 1.807) is 12.3 Å². The number of fused-ring (bicyclic) bond motifs is 1. The number of rotatable bonds is 4. The van der Waals surface area contributed by atoms with Crippen molar-refractivity contribution in [1.82, 2.24) is 0 Å². The second-order valence-electron chi connectivity index (χ2n) is 4.76. The number of carboxylic acid groups (broad SMARTS) is 1. The number of carbonyl (C=O) groups is 1. The molecule has 2 aromatic rings. The Hall–Kier alpha value is -2.73. The van der Waals surface area contributed by atoms with Crippen LogP contribution in [-0.4, -0.2) is 25.4 Å². The standard InChI is InChI=1S/C16H13ClN2O4/c17-13-3-2-11(8-12(13)16(20)21)19-18-9-10-1-4-14-15(7-10)23-6-5-22-14/h1-4,7-9,19H,5-6H2,(H,20,21)/p-1/b18-9-. The summed E-state index contributed by atoms with van der Waals surface area (Å²) in [7, 11) is 0. The third-order valence-corrected chi connectivity index (χ3v) is 3.49. The molecule has 1 N–H and O–H groups in total. The highest BCUT2D eigenvalue weighted by Crippen LogP contribution is 2.30. The maximum absolute atomic E-state index is 10.9. The van der Waals surface area contributed by atoms with Gasteiger partial charge in [-0.2, -0.15) is 5.10 Å². The number of hydrazone groups is 1. The van der Waals surface area contributed by atoms with Crippen LogP contribution in [0.25, 0.3) is 0 Å². The highest BCUT2D eigenvalue weighted by molar-refractivity contribution is 6.33. The van der Waals surface area contributed by atoms with Gasteiger partial charge in [0, 0.05) is 10.6 Å². The molecule has 0 amide bonds. The highest BCUT2D eigenvalue weighted by atomic mass is 35.5. The number of ether oxygens (including phenoxy) is 2. The lowest BCUT2D eigenvalue weighted by atomic mass is 10.2. The second-order valence-corrected chi connectivity index (χ2v) is 5.16. The smallest absolute Gasteiger partial charge is 0.162 e. The van der Waals surface area contributed by atoms with Crippen LogP contribution in [0.2, 0.25) is 5.02 Å². The molecule has 0 atom stereocenters. The molecule has 0 aliphatic carbocycles. The predicted octanol–water partition coefficient (Wildman–Crippen LogP) is 1.92. The topological polar surface area (TPSA) is 83.0 Å². The third kappa shape index (κ3) is 3.54. The van der Waals surface area contributed by atoms with Gasteiger partial charge in [0.15, 0.2) is 11.5 Å². The molecule has 7 heteroatoms. The zero-order valence-electron chi connectivity index (χ0n) is 11.9. The molecule has 0 radical (unpaired) electrons. The van der Waals surface area contributed by atoms with Crippen LogP contribution in [0.1, 0.15) is 15.9 Å². The van der Waals surface area contributed by atoms with Crippen molar-refractivity contribution in [3.05, 3.63) is 52.5 Å². The van der Waals surface area contributed by atoms with Crippen LogP contribution < -0.4 is 20.0 Å². The molecule has 3 rings (SSSR count). The summed E-state index contributed by atoms with van der Waals surface area (Å²) in [6.07, 6.45) is 1.59. The van der Waals surface area contributed by atoms with E-state index >= 15 is 0 Å². The Kier molecular flexibility index (Phi) is 4.34. The minimum absolute atomic E-state index is 0.0915. The number of hydrogen-bond acceptors (Lipinski definition) is 6. The van der Waals surface area contributed by atoms with Crippen LogP contribution in [0.15, 0.2) is 41.5 Å². The molecule has 0 saturated heterocycles.